The lowest BCUT2D eigenvalue weighted by Crippen LogP contribution is -2.58. The van der Waals surface area contributed by atoms with Crippen LogP contribution in [0.4, 0.5) is 10.5 Å². The molecule has 3 atom stereocenters. The summed E-state index contributed by atoms with van der Waals surface area (Å²) in [6, 6.07) is 9.69. The van der Waals surface area contributed by atoms with Crippen LogP contribution in [0.2, 0.25) is 0 Å². The highest BCUT2D eigenvalue weighted by atomic mass is 16.2. The molecule has 4 rings (SSSR count). The molecule has 2 aliphatic heterocycles. The molecular formula is C17H22N8O2. The number of nitrogens with zero attached hydrogens (tertiary/aromatic N) is 6. The van der Waals surface area contributed by atoms with Gasteiger partial charge in [0.25, 0.3) is 0 Å². The number of carbonyl (C=O) groups is 2. The highest BCUT2D eigenvalue weighted by molar-refractivity contribution is 5.89. The van der Waals surface area contributed by atoms with Crippen molar-refractivity contribution in [2.45, 2.75) is 25.0 Å². The van der Waals surface area contributed by atoms with Crippen LogP contribution in [-0.2, 0) is 11.3 Å². The van der Waals surface area contributed by atoms with Gasteiger partial charge in [0.1, 0.15) is 12.9 Å². The van der Waals surface area contributed by atoms with Gasteiger partial charge in [0.2, 0.25) is 5.91 Å². The molecule has 2 fully saturated rings. The lowest BCUT2D eigenvalue weighted by molar-refractivity contribution is -0.122. The van der Waals surface area contributed by atoms with Crippen molar-refractivity contribution in [1.29, 1.82) is 0 Å². The number of anilines is 1. The quantitative estimate of drug-likeness (QED) is 0.753. The smallest absolute Gasteiger partial charge is 0.322 e. The summed E-state index contributed by atoms with van der Waals surface area (Å²) in [6.45, 7) is 2.95. The molecule has 0 saturated carbocycles. The van der Waals surface area contributed by atoms with Crippen LogP contribution in [0.1, 0.15) is 6.42 Å². The van der Waals surface area contributed by atoms with Crippen LogP contribution in [0.15, 0.2) is 36.7 Å². The van der Waals surface area contributed by atoms with Crippen LogP contribution < -0.4 is 10.6 Å². The molecule has 3 heterocycles. The monoisotopic (exact) mass is 370 g/mol. The summed E-state index contributed by atoms with van der Waals surface area (Å²) in [6.07, 6.45) is 2.36. The van der Waals surface area contributed by atoms with Crippen molar-refractivity contribution in [3.63, 3.8) is 0 Å². The molecule has 0 aliphatic carbocycles. The lowest BCUT2D eigenvalue weighted by atomic mass is 10.1. The van der Waals surface area contributed by atoms with Crippen molar-refractivity contribution in [2.24, 2.45) is 0 Å². The summed E-state index contributed by atoms with van der Waals surface area (Å²) in [5, 5.41) is 16.6. The number of aromatic nitrogens is 4. The third-order valence-electron chi connectivity index (χ3n) is 5.08. The molecule has 1 unspecified atom stereocenters. The number of amides is 3. The van der Waals surface area contributed by atoms with Crippen molar-refractivity contribution in [2.75, 3.05) is 31.5 Å². The van der Waals surface area contributed by atoms with Gasteiger partial charge in [0, 0.05) is 44.0 Å². The number of hydrogen-bond acceptors (Lipinski definition) is 6. The molecule has 10 nitrogen and oxygen atoms in total. The van der Waals surface area contributed by atoms with Crippen molar-refractivity contribution >= 4 is 17.6 Å². The summed E-state index contributed by atoms with van der Waals surface area (Å²) in [4.78, 5) is 29.0. The van der Waals surface area contributed by atoms with Crippen molar-refractivity contribution in [3.8, 4) is 0 Å². The number of tetrazole rings is 1. The Bertz CT molecular complexity index is 781. The molecule has 142 valence electrons. The Balaban J connectivity index is 1.33. The molecule has 2 N–H and O–H groups in total. The second-order valence-corrected chi connectivity index (χ2v) is 6.85. The molecule has 27 heavy (non-hydrogen) atoms. The third-order valence-corrected chi connectivity index (χ3v) is 5.08. The van der Waals surface area contributed by atoms with E-state index in [9.17, 15) is 9.59 Å². The molecule has 0 radical (unpaired) electrons. The van der Waals surface area contributed by atoms with Gasteiger partial charge >= 0.3 is 6.03 Å². The first kappa shape index (κ1) is 17.4. The third kappa shape index (κ3) is 4.05. The van der Waals surface area contributed by atoms with E-state index in [1.54, 1.807) is 0 Å². The molecule has 3 amide bonds. The number of para-hydroxylation sites is 1. The second-order valence-electron chi connectivity index (χ2n) is 6.85. The zero-order valence-electron chi connectivity index (χ0n) is 14.9. The van der Waals surface area contributed by atoms with E-state index < -0.39 is 0 Å². The van der Waals surface area contributed by atoms with E-state index in [1.165, 1.54) is 11.0 Å². The molecule has 10 heteroatoms. The van der Waals surface area contributed by atoms with Crippen molar-refractivity contribution in [1.82, 2.24) is 35.3 Å². The molecule has 2 aromatic rings. The molecular weight excluding hydrogens is 348 g/mol. The number of rotatable bonds is 5. The lowest BCUT2D eigenvalue weighted by Gasteiger charge is -2.40. The molecule has 2 saturated heterocycles. The number of carbonyl (C=O) groups excluding carboxylic acids is 2. The maximum atomic E-state index is 12.7. The van der Waals surface area contributed by atoms with Gasteiger partial charge in [-0.3, -0.25) is 9.69 Å². The van der Waals surface area contributed by atoms with Crippen LogP contribution >= 0.6 is 0 Å². The summed E-state index contributed by atoms with van der Waals surface area (Å²) in [7, 11) is 0. The zero-order valence-corrected chi connectivity index (χ0v) is 14.9. The molecule has 0 spiro atoms. The van der Waals surface area contributed by atoms with Gasteiger partial charge in [-0.15, -0.1) is 5.10 Å². The number of nitrogens with one attached hydrogen (secondary N) is 2. The van der Waals surface area contributed by atoms with E-state index >= 15 is 0 Å². The predicted molar refractivity (Wildman–Crippen MR) is 96.8 cm³/mol. The fraction of sp³-hybridized carbons (Fsp3) is 0.471. The fourth-order valence-electron chi connectivity index (χ4n) is 3.69. The van der Waals surface area contributed by atoms with Crippen molar-refractivity contribution in [3.05, 3.63) is 36.7 Å². The average Bonchev–Trinajstić information content (AvgIpc) is 3.33. The topological polar surface area (TPSA) is 108 Å². The van der Waals surface area contributed by atoms with E-state index in [1.807, 2.05) is 35.2 Å². The van der Waals surface area contributed by atoms with Gasteiger partial charge in [0.05, 0.1) is 0 Å². The standard InChI is InChI=1S/C17H22N8O2/c26-16(11-24-12-19-21-22-24)18-8-15-10-25(14-6-7-23(15)9-14)17(27)20-13-4-2-1-3-5-13/h1-5,12,14-15H,6-11H2,(H,18,26)(H,20,27)/t14-,15-/m0/s1. The maximum absolute atomic E-state index is 12.7. The SMILES string of the molecule is O=C(Cn1cnnn1)NC[C@H]1CN(C(=O)Nc2ccccc2)[C@H]2CCN1C2. The molecule has 2 aliphatic rings. The minimum atomic E-state index is -0.149. The predicted octanol–water partition coefficient (Wildman–Crippen LogP) is -0.220. The Kier molecular flexibility index (Phi) is 4.97. The summed E-state index contributed by atoms with van der Waals surface area (Å²) in [5.41, 5.74) is 0.786. The van der Waals surface area contributed by atoms with E-state index in [0.29, 0.717) is 13.1 Å². The van der Waals surface area contributed by atoms with E-state index in [2.05, 4.69) is 31.1 Å². The number of benzene rings is 1. The number of piperazine rings is 1. The Morgan fingerprint density at radius 2 is 2.04 bits per heavy atom. The van der Waals surface area contributed by atoms with Crippen molar-refractivity contribution < 1.29 is 9.59 Å². The largest absolute Gasteiger partial charge is 0.353 e. The van der Waals surface area contributed by atoms with Gasteiger partial charge in [-0.05, 0) is 29.0 Å². The summed E-state index contributed by atoms with van der Waals surface area (Å²) < 4.78 is 1.38. The Morgan fingerprint density at radius 1 is 1.19 bits per heavy atom. The number of hydrogen-bond donors (Lipinski definition) is 2. The first-order valence-electron chi connectivity index (χ1n) is 9.03. The molecule has 2 bridgehead atoms. The highest BCUT2D eigenvalue weighted by Crippen LogP contribution is 2.25. The van der Waals surface area contributed by atoms with Crippen LogP contribution in [-0.4, -0.2) is 80.2 Å². The van der Waals surface area contributed by atoms with Gasteiger partial charge in [-0.1, -0.05) is 18.2 Å². The first-order valence-corrected chi connectivity index (χ1v) is 9.03. The second kappa shape index (κ2) is 7.70. The van der Waals surface area contributed by atoms with Crippen LogP contribution in [0.25, 0.3) is 0 Å². The van der Waals surface area contributed by atoms with E-state index in [-0.39, 0.29) is 30.6 Å². The summed E-state index contributed by atoms with van der Waals surface area (Å²) in [5.74, 6) is -0.149. The number of fused-ring (bicyclic) bond motifs is 2. The van der Waals surface area contributed by atoms with Gasteiger partial charge in [0.15, 0.2) is 0 Å². The average molecular weight is 370 g/mol. The van der Waals surface area contributed by atoms with E-state index in [0.717, 1.165) is 25.2 Å². The minimum Gasteiger partial charge on any atom is -0.353 e. The fourth-order valence-corrected chi connectivity index (χ4v) is 3.69. The van der Waals surface area contributed by atoms with Gasteiger partial charge in [-0.25, -0.2) is 9.48 Å². The molecule has 1 aromatic carbocycles. The zero-order chi connectivity index (χ0) is 18.6. The normalized spacial score (nSPS) is 23.9. The number of urea groups is 1. The molecule has 1 aromatic heterocycles. The minimum absolute atomic E-state index is 0.0839. The van der Waals surface area contributed by atoms with Crippen LogP contribution in [0.5, 0.6) is 0 Å². The van der Waals surface area contributed by atoms with Gasteiger partial charge < -0.3 is 15.5 Å². The Hall–Kier alpha value is -3.01. The maximum Gasteiger partial charge on any atom is 0.322 e. The van der Waals surface area contributed by atoms with Crippen LogP contribution in [0.3, 0.4) is 0 Å². The van der Waals surface area contributed by atoms with E-state index in [4.69, 9.17) is 0 Å². The first-order chi connectivity index (χ1) is 13.2. The van der Waals surface area contributed by atoms with Gasteiger partial charge in [-0.2, -0.15) is 0 Å². The highest BCUT2D eigenvalue weighted by Gasteiger charge is 2.40. The Morgan fingerprint density at radius 3 is 2.81 bits per heavy atom. The Labute approximate surface area is 156 Å². The van der Waals surface area contributed by atoms with Crippen LogP contribution in [0, 0.1) is 0 Å². The summed E-state index contributed by atoms with van der Waals surface area (Å²) >= 11 is 0.